The smallest absolute Gasteiger partial charge is 0.180 e. The van der Waals surface area contributed by atoms with E-state index >= 15 is 0 Å². The second-order valence-corrected chi connectivity index (χ2v) is 7.58. The van der Waals surface area contributed by atoms with Gasteiger partial charge >= 0.3 is 0 Å². The van der Waals surface area contributed by atoms with Gasteiger partial charge in [0.05, 0.1) is 30.6 Å². The third-order valence-electron chi connectivity index (χ3n) is 5.62. The Morgan fingerprint density at radius 1 is 1.03 bits per heavy atom. The molecular weight excluding hydrogens is 390 g/mol. The van der Waals surface area contributed by atoms with Crippen LogP contribution < -0.4 is 10.2 Å². The van der Waals surface area contributed by atoms with Gasteiger partial charge in [0.15, 0.2) is 11.5 Å². The molecule has 1 aliphatic heterocycles. The maximum absolute atomic E-state index is 5.45. The van der Waals surface area contributed by atoms with Crippen LogP contribution in [0.4, 0.5) is 17.2 Å². The first-order valence-electron chi connectivity index (χ1n) is 10.3. The van der Waals surface area contributed by atoms with Crippen molar-refractivity contribution in [3.05, 3.63) is 67.3 Å². The highest BCUT2D eigenvalue weighted by atomic mass is 16.5. The molecule has 6 rings (SSSR count). The van der Waals surface area contributed by atoms with Crippen LogP contribution in [-0.2, 0) is 4.74 Å². The predicted octanol–water partition coefficient (Wildman–Crippen LogP) is 3.85. The first-order chi connectivity index (χ1) is 15.3. The lowest BCUT2D eigenvalue weighted by Gasteiger charge is -2.28. The van der Waals surface area contributed by atoms with Gasteiger partial charge in [-0.25, -0.2) is 9.97 Å². The molecule has 8 heteroatoms. The monoisotopic (exact) mass is 411 g/mol. The Morgan fingerprint density at radius 2 is 1.90 bits per heavy atom. The average Bonchev–Trinajstić information content (AvgIpc) is 3.49. The number of nitrogens with zero attached hydrogens (tertiary/aromatic N) is 5. The minimum absolute atomic E-state index is 0.717. The summed E-state index contributed by atoms with van der Waals surface area (Å²) in [7, 11) is 0. The number of H-pyrrole nitrogens is 1. The van der Waals surface area contributed by atoms with E-state index in [-0.39, 0.29) is 0 Å². The van der Waals surface area contributed by atoms with Crippen LogP contribution in [0.2, 0.25) is 0 Å². The van der Waals surface area contributed by atoms with Crippen molar-refractivity contribution in [2.24, 2.45) is 0 Å². The molecule has 0 unspecified atom stereocenters. The van der Waals surface area contributed by atoms with Crippen molar-refractivity contribution in [1.82, 2.24) is 24.6 Å². The Bertz CT molecular complexity index is 1350. The summed E-state index contributed by atoms with van der Waals surface area (Å²) < 4.78 is 7.44. The number of hydrogen-bond acceptors (Lipinski definition) is 6. The van der Waals surface area contributed by atoms with Gasteiger partial charge in [-0.2, -0.15) is 5.10 Å². The van der Waals surface area contributed by atoms with Crippen molar-refractivity contribution in [1.29, 1.82) is 0 Å². The van der Waals surface area contributed by atoms with Crippen molar-refractivity contribution in [2.75, 3.05) is 36.5 Å². The standard InChI is InChI=1S/C23H21N7O/c1-6-20-17(14-25-28-20)13-16(1)21-15-30-8-7-24-23(30)22(27-21)26-18-2-4-19(5-3-18)29-9-11-31-12-10-29/h1-8,13-15H,9-12H2,(H,25,28)(H,26,27). The van der Waals surface area contributed by atoms with E-state index in [1.165, 1.54) is 5.69 Å². The molecule has 0 amide bonds. The van der Waals surface area contributed by atoms with E-state index in [1.807, 2.05) is 35.1 Å². The Balaban J connectivity index is 1.33. The molecular formula is C23H21N7O. The summed E-state index contributed by atoms with van der Waals surface area (Å²) in [6.45, 7) is 3.40. The minimum Gasteiger partial charge on any atom is -0.378 e. The second-order valence-electron chi connectivity index (χ2n) is 7.58. The van der Waals surface area contributed by atoms with Crippen LogP contribution in [0, 0.1) is 0 Å². The first-order valence-corrected chi connectivity index (χ1v) is 10.3. The van der Waals surface area contributed by atoms with Gasteiger partial charge in [-0.3, -0.25) is 5.10 Å². The van der Waals surface area contributed by atoms with E-state index in [9.17, 15) is 0 Å². The molecule has 31 heavy (non-hydrogen) atoms. The number of hydrogen-bond donors (Lipinski definition) is 2. The predicted molar refractivity (Wildman–Crippen MR) is 121 cm³/mol. The van der Waals surface area contributed by atoms with Crippen molar-refractivity contribution < 1.29 is 4.74 Å². The zero-order chi connectivity index (χ0) is 20.6. The zero-order valence-electron chi connectivity index (χ0n) is 16.8. The number of morpholine rings is 1. The molecule has 8 nitrogen and oxygen atoms in total. The van der Waals surface area contributed by atoms with Gasteiger partial charge in [-0.05, 0) is 36.4 Å². The molecule has 0 bridgehead atoms. The molecule has 1 fully saturated rings. The number of nitrogens with one attached hydrogen (secondary N) is 2. The molecule has 1 saturated heterocycles. The topological polar surface area (TPSA) is 83.4 Å². The Labute approximate surface area is 178 Å². The molecule has 0 aliphatic carbocycles. The first kappa shape index (κ1) is 17.9. The highest BCUT2D eigenvalue weighted by Crippen LogP contribution is 2.27. The molecule has 0 atom stereocenters. The number of aromatic nitrogens is 5. The molecule has 0 spiro atoms. The van der Waals surface area contributed by atoms with Crippen molar-refractivity contribution in [3.8, 4) is 11.3 Å². The normalized spacial score (nSPS) is 14.4. The molecule has 5 aromatic rings. The van der Waals surface area contributed by atoms with Crippen LogP contribution in [-0.4, -0.2) is 50.9 Å². The van der Waals surface area contributed by atoms with Crippen LogP contribution >= 0.6 is 0 Å². The maximum Gasteiger partial charge on any atom is 0.180 e. The number of imidazole rings is 1. The van der Waals surface area contributed by atoms with Crippen LogP contribution in [0.3, 0.4) is 0 Å². The molecule has 4 heterocycles. The number of ether oxygens (including phenoxy) is 1. The summed E-state index contributed by atoms with van der Waals surface area (Å²) in [5, 5.41) is 11.6. The third-order valence-corrected chi connectivity index (χ3v) is 5.62. The van der Waals surface area contributed by atoms with E-state index < -0.39 is 0 Å². The van der Waals surface area contributed by atoms with Gasteiger partial charge in [-0.1, -0.05) is 6.07 Å². The lowest BCUT2D eigenvalue weighted by Crippen LogP contribution is -2.36. The number of fused-ring (bicyclic) bond motifs is 2. The fourth-order valence-electron chi connectivity index (χ4n) is 3.97. The summed E-state index contributed by atoms with van der Waals surface area (Å²) in [5.41, 5.74) is 5.85. The summed E-state index contributed by atoms with van der Waals surface area (Å²) >= 11 is 0. The molecule has 0 saturated carbocycles. The zero-order valence-corrected chi connectivity index (χ0v) is 16.8. The average molecular weight is 411 g/mol. The molecule has 1 aliphatic rings. The summed E-state index contributed by atoms with van der Waals surface area (Å²) in [6, 6.07) is 14.6. The van der Waals surface area contributed by atoms with E-state index in [4.69, 9.17) is 9.72 Å². The molecule has 2 N–H and O–H groups in total. The van der Waals surface area contributed by atoms with E-state index in [0.29, 0.717) is 5.82 Å². The molecule has 154 valence electrons. The molecule has 3 aromatic heterocycles. The molecule has 0 radical (unpaired) electrons. The number of rotatable bonds is 4. The van der Waals surface area contributed by atoms with Gasteiger partial charge in [0.1, 0.15) is 0 Å². The van der Waals surface area contributed by atoms with E-state index in [0.717, 1.165) is 59.8 Å². The second kappa shape index (κ2) is 7.41. The number of anilines is 3. The summed E-state index contributed by atoms with van der Waals surface area (Å²) in [5.74, 6) is 0.717. The van der Waals surface area contributed by atoms with E-state index in [1.54, 1.807) is 6.20 Å². The number of benzene rings is 2. The summed E-state index contributed by atoms with van der Waals surface area (Å²) in [4.78, 5) is 11.7. The number of aromatic amines is 1. The van der Waals surface area contributed by atoms with Crippen LogP contribution in [0.15, 0.2) is 67.3 Å². The van der Waals surface area contributed by atoms with Crippen LogP contribution in [0.5, 0.6) is 0 Å². The van der Waals surface area contributed by atoms with Crippen LogP contribution in [0.1, 0.15) is 0 Å². The Morgan fingerprint density at radius 3 is 2.77 bits per heavy atom. The van der Waals surface area contributed by atoms with Crippen molar-refractivity contribution in [2.45, 2.75) is 0 Å². The largest absolute Gasteiger partial charge is 0.378 e. The van der Waals surface area contributed by atoms with Gasteiger partial charge < -0.3 is 19.4 Å². The van der Waals surface area contributed by atoms with E-state index in [2.05, 4.69) is 55.7 Å². The van der Waals surface area contributed by atoms with Gasteiger partial charge in [0, 0.05) is 54.0 Å². The van der Waals surface area contributed by atoms with Gasteiger partial charge in [0.2, 0.25) is 0 Å². The maximum atomic E-state index is 5.45. The summed E-state index contributed by atoms with van der Waals surface area (Å²) in [6.07, 6.45) is 7.54. The van der Waals surface area contributed by atoms with Gasteiger partial charge in [0.25, 0.3) is 0 Å². The SMILES string of the molecule is c1cn2cc(-c3ccc4[nH]ncc4c3)nc(Nc3ccc(N4CCOCC4)cc3)c2n1. The lowest BCUT2D eigenvalue weighted by molar-refractivity contribution is 0.122. The van der Waals surface area contributed by atoms with Crippen molar-refractivity contribution in [3.63, 3.8) is 0 Å². The minimum atomic E-state index is 0.717. The van der Waals surface area contributed by atoms with Crippen molar-refractivity contribution >= 4 is 33.7 Å². The highest BCUT2D eigenvalue weighted by Gasteiger charge is 2.13. The Kier molecular flexibility index (Phi) is 4.28. The lowest BCUT2D eigenvalue weighted by atomic mass is 10.1. The van der Waals surface area contributed by atoms with Crippen LogP contribution in [0.25, 0.3) is 27.8 Å². The Hall–Kier alpha value is -3.91. The van der Waals surface area contributed by atoms with Gasteiger partial charge in [-0.15, -0.1) is 0 Å². The molecule has 2 aromatic carbocycles. The fraction of sp³-hybridized carbons (Fsp3) is 0.174. The quantitative estimate of drug-likeness (QED) is 0.467. The fourth-order valence-corrected chi connectivity index (χ4v) is 3.97. The third kappa shape index (κ3) is 3.36. The highest BCUT2D eigenvalue weighted by molar-refractivity contribution is 5.84.